The molecule has 5 rings (SSSR count). The van der Waals surface area contributed by atoms with Crippen molar-refractivity contribution in [3.8, 4) is 11.6 Å². The van der Waals surface area contributed by atoms with Crippen molar-refractivity contribution in [3.63, 3.8) is 0 Å². The first-order chi connectivity index (χ1) is 16.4. The van der Waals surface area contributed by atoms with Gasteiger partial charge in [0.25, 0.3) is 11.7 Å². The molecule has 9 nitrogen and oxygen atoms in total. The maximum atomic E-state index is 14.1. The zero-order valence-electron chi connectivity index (χ0n) is 18.7. The molecule has 1 aliphatic heterocycles. The number of carbonyl (C=O) groups is 1. The van der Waals surface area contributed by atoms with E-state index in [-0.39, 0.29) is 17.4 Å². The number of carbonyl (C=O) groups excluding carboxylic acids is 1. The van der Waals surface area contributed by atoms with Crippen LogP contribution in [0, 0.1) is 18.6 Å². The first-order valence-electron chi connectivity index (χ1n) is 10.6. The summed E-state index contributed by atoms with van der Waals surface area (Å²) in [5.74, 6) is -1.77. The highest BCUT2D eigenvalue weighted by molar-refractivity contribution is 5.90. The fraction of sp³-hybridized carbons (Fsp3) is 0.261. The van der Waals surface area contributed by atoms with Crippen LogP contribution in [0.4, 0.5) is 8.78 Å². The lowest BCUT2D eigenvalue weighted by molar-refractivity contribution is 0.0711. The number of methoxy groups -OCH3 is 1. The quantitative estimate of drug-likeness (QED) is 0.460. The van der Waals surface area contributed by atoms with E-state index in [4.69, 9.17) is 4.74 Å². The second-order valence-corrected chi connectivity index (χ2v) is 8.07. The number of benzene rings is 2. The van der Waals surface area contributed by atoms with Crippen LogP contribution in [-0.4, -0.2) is 54.4 Å². The number of aryl methyl sites for hydroxylation is 2. The molecular formula is C23H21F2N7O2. The van der Waals surface area contributed by atoms with Gasteiger partial charge in [-0.3, -0.25) is 4.79 Å². The third-order valence-electron chi connectivity index (χ3n) is 5.97. The second kappa shape index (κ2) is 8.32. The molecule has 174 valence electrons. The Kier molecular flexibility index (Phi) is 5.31. The molecule has 2 aromatic carbocycles. The Bertz CT molecular complexity index is 1400. The van der Waals surface area contributed by atoms with Crippen LogP contribution in [0.25, 0.3) is 5.69 Å². The predicted molar refractivity (Wildman–Crippen MR) is 117 cm³/mol. The Labute approximate surface area is 193 Å². The first-order valence-corrected chi connectivity index (χ1v) is 10.6. The zero-order chi connectivity index (χ0) is 24.0. The fourth-order valence-corrected chi connectivity index (χ4v) is 4.49. The highest BCUT2D eigenvalue weighted by Crippen LogP contribution is 2.39. The summed E-state index contributed by atoms with van der Waals surface area (Å²) < 4.78 is 34.7. The molecule has 11 heteroatoms. The van der Waals surface area contributed by atoms with Crippen LogP contribution in [0.2, 0.25) is 0 Å². The number of nitrogens with zero attached hydrogens (tertiary/aromatic N) is 7. The second-order valence-electron chi connectivity index (χ2n) is 8.07. The third kappa shape index (κ3) is 3.58. The van der Waals surface area contributed by atoms with Crippen molar-refractivity contribution in [1.29, 1.82) is 0 Å². The van der Waals surface area contributed by atoms with Gasteiger partial charge in [-0.2, -0.15) is 5.10 Å². The highest BCUT2D eigenvalue weighted by Gasteiger charge is 2.35. The van der Waals surface area contributed by atoms with E-state index in [9.17, 15) is 13.6 Å². The van der Waals surface area contributed by atoms with Crippen LogP contribution in [0.5, 0.6) is 5.88 Å². The molecule has 0 saturated carbocycles. The molecule has 1 atom stereocenters. The Hall–Kier alpha value is -4.15. The van der Waals surface area contributed by atoms with Gasteiger partial charge in [-0.25, -0.2) is 13.5 Å². The monoisotopic (exact) mass is 465 g/mol. The molecule has 1 amide bonds. The van der Waals surface area contributed by atoms with Crippen molar-refractivity contribution in [1.82, 2.24) is 34.9 Å². The number of hydrogen-bond acceptors (Lipinski definition) is 6. The average molecular weight is 465 g/mol. The Morgan fingerprint density at radius 2 is 1.94 bits per heavy atom. The summed E-state index contributed by atoms with van der Waals surface area (Å²) in [6.07, 6.45) is 0. The molecule has 0 N–H and O–H groups in total. The van der Waals surface area contributed by atoms with Gasteiger partial charge >= 0.3 is 0 Å². The van der Waals surface area contributed by atoms with Crippen molar-refractivity contribution in [2.24, 2.45) is 7.05 Å². The topological polar surface area (TPSA) is 91.0 Å². The lowest BCUT2D eigenvalue weighted by Gasteiger charge is -2.34. The number of fused-ring (bicyclic) bond motifs is 1. The number of rotatable bonds is 4. The van der Waals surface area contributed by atoms with Crippen LogP contribution in [0.3, 0.4) is 0 Å². The van der Waals surface area contributed by atoms with Gasteiger partial charge in [-0.05, 0) is 35.4 Å². The fourth-order valence-electron chi connectivity index (χ4n) is 4.49. The number of tetrazole rings is 1. The molecule has 0 spiro atoms. The van der Waals surface area contributed by atoms with Gasteiger partial charge < -0.3 is 9.64 Å². The zero-order valence-corrected chi connectivity index (χ0v) is 18.7. The van der Waals surface area contributed by atoms with E-state index < -0.39 is 17.5 Å². The number of halogens is 2. The summed E-state index contributed by atoms with van der Waals surface area (Å²) in [6.45, 7) is 2.61. The van der Waals surface area contributed by atoms with Gasteiger partial charge in [0.15, 0.2) is 5.82 Å². The van der Waals surface area contributed by atoms with Crippen LogP contribution in [0.1, 0.15) is 38.9 Å². The minimum atomic E-state index is -0.859. The minimum Gasteiger partial charge on any atom is -0.481 e. The molecule has 34 heavy (non-hydrogen) atoms. The maximum Gasteiger partial charge on any atom is 0.295 e. The molecule has 1 unspecified atom stereocenters. The summed E-state index contributed by atoms with van der Waals surface area (Å²) in [6, 6.07) is 10.9. The lowest BCUT2D eigenvalue weighted by Crippen LogP contribution is -2.39. The van der Waals surface area contributed by atoms with Gasteiger partial charge in [0.2, 0.25) is 5.88 Å². The van der Waals surface area contributed by atoms with E-state index in [0.29, 0.717) is 19.0 Å². The predicted octanol–water partition coefficient (Wildman–Crippen LogP) is 2.78. The van der Waals surface area contributed by atoms with E-state index in [1.54, 1.807) is 16.7 Å². The van der Waals surface area contributed by atoms with Crippen molar-refractivity contribution in [3.05, 3.63) is 82.3 Å². The molecule has 0 bridgehead atoms. The summed E-state index contributed by atoms with van der Waals surface area (Å²) in [4.78, 5) is 15.9. The molecular weight excluding hydrogens is 444 g/mol. The van der Waals surface area contributed by atoms with E-state index in [0.717, 1.165) is 39.3 Å². The average Bonchev–Trinajstić information content (AvgIpc) is 3.41. The first kappa shape index (κ1) is 21.7. The maximum absolute atomic E-state index is 14.1. The molecule has 1 aliphatic rings. The number of aromatic nitrogens is 6. The minimum absolute atomic E-state index is 0.106. The van der Waals surface area contributed by atoms with Gasteiger partial charge in [-0.15, -0.1) is 15.0 Å². The van der Waals surface area contributed by atoms with Crippen molar-refractivity contribution in [2.45, 2.75) is 19.4 Å². The molecule has 4 aromatic rings. The van der Waals surface area contributed by atoms with Gasteiger partial charge in [0.05, 0.1) is 12.8 Å². The molecule has 0 aliphatic carbocycles. The Morgan fingerprint density at radius 3 is 2.71 bits per heavy atom. The van der Waals surface area contributed by atoms with Crippen LogP contribution >= 0.6 is 0 Å². The van der Waals surface area contributed by atoms with E-state index >= 15 is 0 Å². The van der Waals surface area contributed by atoms with E-state index in [2.05, 4.69) is 20.5 Å². The van der Waals surface area contributed by atoms with Gasteiger partial charge in [0.1, 0.15) is 11.5 Å². The molecule has 0 saturated heterocycles. The number of hydrogen-bond donors (Lipinski definition) is 0. The Balaban J connectivity index is 1.50. The van der Waals surface area contributed by atoms with Crippen molar-refractivity contribution < 1.29 is 18.3 Å². The summed E-state index contributed by atoms with van der Waals surface area (Å²) >= 11 is 0. The van der Waals surface area contributed by atoms with Crippen molar-refractivity contribution >= 4 is 5.91 Å². The summed E-state index contributed by atoms with van der Waals surface area (Å²) in [5, 5.41) is 16.2. The van der Waals surface area contributed by atoms with Crippen LogP contribution < -0.4 is 4.74 Å². The molecule has 0 radical (unpaired) electrons. The SMILES string of the molecule is COc1c(C2CN(C(=O)c3nnn(-c4ccc(F)cc4F)n3)Cc3ccccc32)c(C)nn1C. The lowest BCUT2D eigenvalue weighted by atomic mass is 9.84. The molecule has 2 aromatic heterocycles. The summed E-state index contributed by atoms with van der Waals surface area (Å²) in [5.41, 5.74) is 3.68. The van der Waals surface area contributed by atoms with E-state index in [1.165, 1.54) is 6.07 Å². The third-order valence-corrected chi connectivity index (χ3v) is 5.97. The number of ether oxygens (including phenoxy) is 1. The van der Waals surface area contributed by atoms with E-state index in [1.807, 2.05) is 38.2 Å². The van der Waals surface area contributed by atoms with Crippen molar-refractivity contribution in [2.75, 3.05) is 13.7 Å². The molecule has 3 heterocycles. The van der Waals surface area contributed by atoms with Crippen LogP contribution in [-0.2, 0) is 13.6 Å². The Morgan fingerprint density at radius 1 is 1.15 bits per heavy atom. The highest BCUT2D eigenvalue weighted by atomic mass is 19.1. The standard InChI is InChI=1S/C23H21F2N7O2/c1-13-20(23(34-3)30(2)27-13)17-12-31(11-14-6-4-5-7-16(14)17)22(33)21-26-29-32(28-21)19-9-8-15(24)10-18(19)25/h4-10,17H,11-12H2,1-3H3. The number of amides is 1. The van der Waals surface area contributed by atoms with Gasteiger partial charge in [-0.1, -0.05) is 24.3 Å². The van der Waals surface area contributed by atoms with Gasteiger partial charge in [0, 0.05) is 37.7 Å². The molecule has 0 fully saturated rings. The largest absolute Gasteiger partial charge is 0.481 e. The smallest absolute Gasteiger partial charge is 0.295 e. The summed E-state index contributed by atoms with van der Waals surface area (Å²) in [7, 11) is 3.40. The van der Waals surface area contributed by atoms with Crippen LogP contribution in [0.15, 0.2) is 42.5 Å². The normalized spacial score (nSPS) is 15.3.